The van der Waals surface area contributed by atoms with Crippen molar-refractivity contribution in [2.24, 2.45) is 11.1 Å². The molecule has 0 aliphatic heterocycles. The van der Waals surface area contributed by atoms with E-state index in [2.05, 4.69) is 5.32 Å². The van der Waals surface area contributed by atoms with Crippen molar-refractivity contribution in [3.8, 4) is 0 Å². The Morgan fingerprint density at radius 3 is 2.36 bits per heavy atom. The van der Waals surface area contributed by atoms with Crippen LogP contribution in [-0.2, 0) is 0 Å². The summed E-state index contributed by atoms with van der Waals surface area (Å²) in [5.74, 6) is 0. The van der Waals surface area contributed by atoms with Gasteiger partial charge in [-0.05, 0) is 43.9 Å². The van der Waals surface area contributed by atoms with E-state index < -0.39 is 0 Å². The van der Waals surface area contributed by atoms with Crippen LogP contribution in [0.2, 0.25) is 0 Å². The summed E-state index contributed by atoms with van der Waals surface area (Å²) in [5.41, 5.74) is 7.11. The highest BCUT2D eigenvalue weighted by Crippen LogP contribution is 2.57. The van der Waals surface area contributed by atoms with Gasteiger partial charge in [0.05, 0.1) is 0 Å². The lowest BCUT2D eigenvalue weighted by Crippen LogP contribution is -2.54. The summed E-state index contributed by atoms with van der Waals surface area (Å²) < 4.78 is 0. The maximum Gasteiger partial charge on any atom is 0.0280 e. The molecule has 3 aliphatic carbocycles. The van der Waals surface area contributed by atoms with E-state index in [4.69, 9.17) is 5.73 Å². The zero-order valence-corrected chi connectivity index (χ0v) is 9.02. The second-order valence-corrected chi connectivity index (χ2v) is 5.92. The molecule has 0 saturated heterocycles. The second-order valence-electron chi connectivity index (χ2n) is 5.92. The SMILES string of the molecule is NC1(CNC2CC23CCCC3)CCC1. The minimum atomic E-state index is 0.169. The minimum Gasteiger partial charge on any atom is -0.324 e. The van der Waals surface area contributed by atoms with Gasteiger partial charge in [-0.1, -0.05) is 12.8 Å². The van der Waals surface area contributed by atoms with Gasteiger partial charge in [-0.15, -0.1) is 0 Å². The first-order valence-electron chi connectivity index (χ1n) is 6.25. The van der Waals surface area contributed by atoms with Crippen molar-refractivity contribution in [2.45, 2.75) is 62.9 Å². The summed E-state index contributed by atoms with van der Waals surface area (Å²) >= 11 is 0. The van der Waals surface area contributed by atoms with Crippen LogP contribution < -0.4 is 11.1 Å². The Bertz CT molecular complexity index is 226. The standard InChI is InChI=1S/C12H22N2/c13-12(6-3-7-12)9-14-10-8-11(10)4-1-2-5-11/h10,14H,1-9,13H2. The smallest absolute Gasteiger partial charge is 0.0280 e. The van der Waals surface area contributed by atoms with Gasteiger partial charge < -0.3 is 11.1 Å². The predicted octanol–water partition coefficient (Wildman–Crippen LogP) is 1.79. The van der Waals surface area contributed by atoms with Crippen molar-refractivity contribution >= 4 is 0 Å². The molecule has 3 aliphatic rings. The van der Waals surface area contributed by atoms with Gasteiger partial charge in [0.2, 0.25) is 0 Å². The second kappa shape index (κ2) is 2.96. The summed E-state index contributed by atoms with van der Waals surface area (Å²) in [5, 5.41) is 3.71. The van der Waals surface area contributed by atoms with E-state index in [0.717, 1.165) is 18.0 Å². The molecule has 0 aromatic rings. The van der Waals surface area contributed by atoms with Crippen molar-refractivity contribution in [2.75, 3.05) is 6.54 Å². The molecule has 3 fully saturated rings. The maximum absolute atomic E-state index is 6.20. The molecule has 0 aromatic carbocycles. The molecular weight excluding hydrogens is 172 g/mol. The Labute approximate surface area is 86.6 Å². The third kappa shape index (κ3) is 1.40. The van der Waals surface area contributed by atoms with E-state index in [0.29, 0.717) is 0 Å². The third-order valence-corrected chi connectivity index (χ3v) is 4.84. The molecule has 0 radical (unpaired) electrons. The van der Waals surface area contributed by atoms with Crippen LogP contribution in [0.3, 0.4) is 0 Å². The highest BCUT2D eigenvalue weighted by Gasteiger charge is 2.55. The molecule has 1 spiro atoms. The number of nitrogens with two attached hydrogens (primary N) is 1. The maximum atomic E-state index is 6.20. The molecule has 2 nitrogen and oxygen atoms in total. The van der Waals surface area contributed by atoms with Gasteiger partial charge in [-0.25, -0.2) is 0 Å². The van der Waals surface area contributed by atoms with E-state index in [1.807, 2.05) is 0 Å². The fourth-order valence-corrected chi connectivity index (χ4v) is 3.40. The average Bonchev–Trinajstić information content (AvgIpc) is 2.54. The lowest BCUT2D eigenvalue weighted by molar-refractivity contribution is 0.234. The Balaban J connectivity index is 1.46. The summed E-state index contributed by atoms with van der Waals surface area (Å²) in [4.78, 5) is 0. The number of hydrogen-bond donors (Lipinski definition) is 2. The quantitative estimate of drug-likeness (QED) is 0.719. The van der Waals surface area contributed by atoms with Crippen molar-refractivity contribution < 1.29 is 0 Å². The van der Waals surface area contributed by atoms with E-state index in [9.17, 15) is 0 Å². The molecule has 0 bridgehead atoms. The Morgan fingerprint density at radius 2 is 1.79 bits per heavy atom. The van der Waals surface area contributed by atoms with Crippen molar-refractivity contribution in [1.29, 1.82) is 0 Å². The van der Waals surface area contributed by atoms with E-state index in [1.165, 1.54) is 51.4 Å². The molecular formula is C12H22N2. The van der Waals surface area contributed by atoms with Gasteiger partial charge in [-0.2, -0.15) is 0 Å². The molecule has 0 aromatic heterocycles. The molecule has 2 heteroatoms. The van der Waals surface area contributed by atoms with Gasteiger partial charge in [0, 0.05) is 18.1 Å². The normalized spacial score (nSPS) is 37.1. The van der Waals surface area contributed by atoms with Crippen LogP contribution in [-0.4, -0.2) is 18.1 Å². The lowest BCUT2D eigenvalue weighted by atomic mass is 9.78. The van der Waals surface area contributed by atoms with Gasteiger partial charge in [0.1, 0.15) is 0 Å². The predicted molar refractivity (Wildman–Crippen MR) is 58.1 cm³/mol. The van der Waals surface area contributed by atoms with Gasteiger partial charge in [-0.3, -0.25) is 0 Å². The number of nitrogens with one attached hydrogen (secondary N) is 1. The zero-order valence-electron chi connectivity index (χ0n) is 9.02. The molecule has 3 N–H and O–H groups in total. The molecule has 3 rings (SSSR count). The third-order valence-electron chi connectivity index (χ3n) is 4.84. The van der Waals surface area contributed by atoms with Crippen molar-refractivity contribution in [3.05, 3.63) is 0 Å². The van der Waals surface area contributed by atoms with Gasteiger partial charge in [0.25, 0.3) is 0 Å². The lowest BCUT2D eigenvalue weighted by Gasteiger charge is -2.38. The van der Waals surface area contributed by atoms with E-state index >= 15 is 0 Å². The summed E-state index contributed by atoms with van der Waals surface area (Å²) in [6.45, 7) is 1.07. The highest BCUT2D eigenvalue weighted by atomic mass is 15.0. The first-order chi connectivity index (χ1) is 6.73. The van der Waals surface area contributed by atoms with Gasteiger partial charge in [0.15, 0.2) is 0 Å². The average molecular weight is 194 g/mol. The van der Waals surface area contributed by atoms with Crippen LogP contribution in [0, 0.1) is 5.41 Å². The van der Waals surface area contributed by atoms with Crippen molar-refractivity contribution in [1.82, 2.24) is 5.32 Å². The first-order valence-corrected chi connectivity index (χ1v) is 6.25. The van der Waals surface area contributed by atoms with Crippen LogP contribution in [0.15, 0.2) is 0 Å². The molecule has 1 unspecified atom stereocenters. The Morgan fingerprint density at radius 1 is 1.07 bits per heavy atom. The van der Waals surface area contributed by atoms with E-state index in [1.54, 1.807) is 0 Å². The molecule has 80 valence electrons. The highest BCUT2D eigenvalue weighted by molar-refractivity contribution is 5.11. The molecule has 3 saturated carbocycles. The summed E-state index contributed by atoms with van der Waals surface area (Å²) in [7, 11) is 0. The van der Waals surface area contributed by atoms with Crippen LogP contribution in [0.25, 0.3) is 0 Å². The fourth-order valence-electron chi connectivity index (χ4n) is 3.40. The van der Waals surface area contributed by atoms with Crippen LogP contribution in [0.5, 0.6) is 0 Å². The zero-order chi connectivity index (χ0) is 9.65. The van der Waals surface area contributed by atoms with Crippen LogP contribution in [0.4, 0.5) is 0 Å². The number of hydrogen-bond acceptors (Lipinski definition) is 2. The topological polar surface area (TPSA) is 38.0 Å². The fraction of sp³-hybridized carbons (Fsp3) is 1.00. The molecule has 14 heavy (non-hydrogen) atoms. The van der Waals surface area contributed by atoms with Gasteiger partial charge >= 0.3 is 0 Å². The van der Waals surface area contributed by atoms with Crippen LogP contribution in [0.1, 0.15) is 51.4 Å². The Hall–Kier alpha value is -0.0800. The van der Waals surface area contributed by atoms with E-state index in [-0.39, 0.29) is 5.54 Å². The minimum absolute atomic E-state index is 0.169. The number of rotatable bonds is 3. The molecule has 1 atom stereocenters. The molecule has 0 heterocycles. The largest absolute Gasteiger partial charge is 0.324 e. The molecule has 0 amide bonds. The van der Waals surface area contributed by atoms with Crippen molar-refractivity contribution in [3.63, 3.8) is 0 Å². The Kier molecular flexibility index (Phi) is 1.94. The summed E-state index contributed by atoms with van der Waals surface area (Å²) in [6.07, 6.45) is 11.1. The first kappa shape index (κ1) is 9.17. The monoisotopic (exact) mass is 194 g/mol. The van der Waals surface area contributed by atoms with Crippen LogP contribution >= 0.6 is 0 Å². The summed E-state index contributed by atoms with van der Waals surface area (Å²) in [6, 6.07) is 0.825.